The number of furan rings is 1. The Labute approximate surface area is 101 Å². The van der Waals surface area contributed by atoms with Crippen molar-refractivity contribution in [3.05, 3.63) is 29.7 Å². The first-order chi connectivity index (χ1) is 8.24. The lowest BCUT2D eigenvalue weighted by atomic mass is 10.1. The fourth-order valence-corrected chi connectivity index (χ4v) is 1.93. The Morgan fingerprint density at radius 2 is 2.47 bits per heavy atom. The molecule has 1 aromatic heterocycles. The Bertz CT molecular complexity index is 403. The highest BCUT2D eigenvalue weighted by Gasteiger charge is 2.13. The van der Waals surface area contributed by atoms with Gasteiger partial charge in [0.1, 0.15) is 11.5 Å². The van der Waals surface area contributed by atoms with E-state index in [0.29, 0.717) is 5.76 Å². The Kier molecular flexibility index (Phi) is 3.98. The van der Waals surface area contributed by atoms with Crippen molar-refractivity contribution in [2.24, 2.45) is 0 Å². The van der Waals surface area contributed by atoms with E-state index in [-0.39, 0.29) is 11.9 Å². The summed E-state index contributed by atoms with van der Waals surface area (Å²) in [6.45, 7) is 3.79. The van der Waals surface area contributed by atoms with E-state index in [2.05, 4.69) is 10.6 Å². The number of hydrogen-bond donors (Lipinski definition) is 2. The van der Waals surface area contributed by atoms with Crippen LogP contribution in [0.5, 0.6) is 0 Å². The highest BCUT2D eigenvalue weighted by molar-refractivity contribution is 5.91. The predicted molar refractivity (Wildman–Crippen MR) is 66.5 cm³/mol. The molecule has 1 amide bonds. The van der Waals surface area contributed by atoms with Crippen LogP contribution in [0.1, 0.15) is 24.4 Å². The Hall–Kier alpha value is -1.55. The third-order valence-corrected chi connectivity index (χ3v) is 2.80. The maximum atomic E-state index is 11.6. The Morgan fingerprint density at radius 1 is 1.59 bits per heavy atom. The maximum absolute atomic E-state index is 11.6. The van der Waals surface area contributed by atoms with E-state index in [0.717, 1.165) is 31.7 Å². The molecule has 1 saturated heterocycles. The van der Waals surface area contributed by atoms with Crippen LogP contribution in [0.3, 0.4) is 0 Å². The minimum Gasteiger partial charge on any atom is -0.462 e. The van der Waals surface area contributed by atoms with Crippen LogP contribution in [-0.2, 0) is 4.79 Å². The van der Waals surface area contributed by atoms with Crippen LogP contribution in [-0.4, -0.2) is 25.0 Å². The standard InChI is InChI=1S/C13H18N2O2/c1-10-4-5-12(17-10)6-7-13(16)15-11-3-2-8-14-9-11/h4-7,11,14H,2-3,8-9H2,1H3,(H,15,16). The van der Waals surface area contributed by atoms with Gasteiger partial charge in [-0.15, -0.1) is 0 Å². The van der Waals surface area contributed by atoms with Gasteiger partial charge in [-0.2, -0.15) is 0 Å². The summed E-state index contributed by atoms with van der Waals surface area (Å²) in [5.41, 5.74) is 0. The zero-order valence-electron chi connectivity index (χ0n) is 10.0. The number of aryl methyl sites for hydroxylation is 1. The monoisotopic (exact) mass is 234 g/mol. The first-order valence-corrected chi connectivity index (χ1v) is 6.00. The normalized spacial score (nSPS) is 20.6. The maximum Gasteiger partial charge on any atom is 0.244 e. The van der Waals surface area contributed by atoms with Gasteiger partial charge in [-0.25, -0.2) is 0 Å². The SMILES string of the molecule is Cc1ccc(C=CC(=O)NC2CCCNC2)o1. The highest BCUT2D eigenvalue weighted by atomic mass is 16.3. The van der Waals surface area contributed by atoms with E-state index in [9.17, 15) is 4.79 Å². The summed E-state index contributed by atoms with van der Waals surface area (Å²) in [6.07, 6.45) is 5.38. The fraction of sp³-hybridized carbons (Fsp3) is 0.462. The summed E-state index contributed by atoms with van der Waals surface area (Å²) in [6, 6.07) is 3.98. The molecular weight excluding hydrogens is 216 g/mol. The van der Waals surface area contributed by atoms with E-state index >= 15 is 0 Å². The van der Waals surface area contributed by atoms with Crippen molar-refractivity contribution < 1.29 is 9.21 Å². The first-order valence-electron chi connectivity index (χ1n) is 6.00. The summed E-state index contributed by atoms with van der Waals surface area (Å²) < 4.78 is 5.34. The number of piperidine rings is 1. The molecule has 1 aromatic rings. The van der Waals surface area contributed by atoms with Gasteiger partial charge in [-0.1, -0.05) is 0 Å². The summed E-state index contributed by atoms with van der Waals surface area (Å²) in [5.74, 6) is 1.49. The Morgan fingerprint density at radius 3 is 3.12 bits per heavy atom. The van der Waals surface area contributed by atoms with Crippen molar-refractivity contribution in [2.45, 2.75) is 25.8 Å². The second-order valence-electron chi connectivity index (χ2n) is 4.33. The molecule has 0 radical (unpaired) electrons. The molecule has 2 N–H and O–H groups in total. The molecule has 1 aliphatic rings. The number of amides is 1. The van der Waals surface area contributed by atoms with E-state index in [1.54, 1.807) is 6.08 Å². The van der Waals surface area contributed by atoms with Gasteiger partial charge >= 0.3 is 0 Å². The lowest BCUT2D eigenvalue weighted by Gasteiger charge is -2.23. The van der Waals surface area contributed by atoms with Gasteiger partial charge in [-0.3, -0.25) is 4.79 Å². The summed E-state index contributed by atoms with van der Waals surface area (Å²) in [4.78, 5) is 11.6. The van der Waals surface area contributed by atoms with Crippen molar-refractivity contribution in [2.75, 3.05) is 13.1 Å². The zero-order valence-corrected chi connectivity index (χ0v) is 10.0. The smallest absolute Gasteiger partial charge is 0.244 e. The number of rotatable bonds is 3. The van der Waals surface area contributed by atoms with Gasteiger partial charge in [0.05, 0.1) is 0 Å². The second kappa shape index (κ2) is 5.68. The average molecular weight is 234 g/mol. The number of carbonyl (C=O) groups is 1. The van der Waals surface area contributed by atoms with E-state index in [1.165, 1.54) is 6.08 Å². The van der Waals surface area contributed by atoms with Crippen LogP contribution >= 0.6 is 0 Å². The Balaban J connectivity index is 1.82. The molecule has 0 spiro atoms. The fourth-order valence-electron chi connectivity index (χ4n) is 1.93. The first kappa shape index (κ1) is 11.9. The van der Waals surface area contributed by atoms with Gasteiger partial charge in [-0.05, 0) is 44.5 Å². The zero-order chi connectivity index (χ0) is 12.1. The van der Waals surface area contributed by atoms with Crippen LogP contribution < -0.4 is 10.6 Å². The van der Waals surface area contributed by atoms with Gasteiger partial charge < -0.3 is 15.1 Å². The highest BCUT2D eigenvalue weighted by Crippen LogP contribution is 2.08. The van der Waals surface area contributed by atoms with Crippen molar-refractivity contribution in [3.63, 3.8) is 0 Å². The van der Waals surface area contributed by atoms with Crippen LogP contribution in [0.4, 0.5) is 0 Å². The molecule has 0 bridgehead atoms. The molecule has 17 heavy (non-hydrogen) atoms. The lowest BCUT2D eigenvalue weighted by Crippen LogP contribution is -2.45. The molecule has 2 heterocycles. The minimum atomic E-state index is -0.0623. The van der Waals surface area contributed by atoms with Crippen molar-refractivity contribution >= 4 is 12.0 Å². The van der Waals surface area contributed by atoms with Gasteiger partial charge in [0.15, 0.2) is 0 Å². The molecule has 0 aromatic carbocycles. The van der Waals surface area contributed by atoms with Crippen LogP contribution in [0.15, 0.2) is 22.6 Å². The molecule has 2 rings (SSSR count). The van der Waals surface area contributed by atoms with Crippen LogP contribution in [0.25, 0.3) is 6.08 Å². The van der Waals surface area contributed by atoms with Crippen molar-refractivity contribution in [1.82, 2.24) is 10.6 Å². The topological polar surface area (TPSA) is 54.3 Å². The largest absolute Gasteiger partial charge is 0.462 e. The van der Waals surface area contributed by atoms with Gasteiger partial charge in [0, 0.05) is 18.7 Å². The summed E-state index contributed by atoms with van der Waals surface area (Å²) >= 11 is 0. The van der Waals surface area contributed by atoms with Gasteiger partial charge in [0.2, 0.25) is 5.91 Å². The molecule has 92 valence electrons. The molecule has 1 atom stereocenters. The molecule has 1 aliphatic heterocycles. The minimum absolute atomic E-state index is 0.0623. The number of nitrogens with one attached hydrogen (secondary N) is 2. The van der Waals surface area contributed by atoms with Gasteiger partial charge in [0.25, 0.3) is 0 Å². The second-order valence-corrected chi connectivity index (χ2v) is 4.33. The van der Waals surface area contributed by atoms with Crippen molar-refractivity contribution in [3.8, 4) is 0 Å². The van der Waals surface area contributed by atoms with E-state index in [1.807, 2.05) is 19.1 Å². The summed E-state index contributed by atoms with van der Waals surface area (Å²) in [7, 11) is 0. The molecule has 4 heteroatoms. The van der Waals surface area contributed by atoms with E-state index in [4.69, 9.17) is 4.42 Å². The third-order valence-electron chi connectivity index (χ3n) is 2.80. The summed E-state index contributed by atoms with van der Waals surface area (Å²) in [5, 5.41) is 6.23. The molecule has 0 saturated carbocycles. The predicted octanol–water partition coefficient (Wildman–Crippen LogP) is 1.47. The molecular formula is C13H18N2O2. The van der Waals surface area contributed by atoms with Crippen molar-refractivity contribution in [1.29, 1.82) is 0 Å². The van der Waals surface area contributed by atoms with Crippen LogP contribution in [0.2, 0.25) is 0 Å². The lowest BCUT2D eigenvalue weighted by molar-refractivity contribution is -0.117. The molecule has 1 fully saturated rings. The number of hydrogen-bond acceptors (Lipinski definition) is 3. The third kappa shape index (κ3) is 3.75. The quantitative estimate of drug-likeness (QED) is 0.779. The number of carbonyl (C=O) groups excluding carboxylic acids is 1. The molecule has 0 aliphatic carbocycles. The van der Waals surface area contributed by atoms with E-state index < -0.39 is 0 Å². The average Bonchev–Trinajstić information content (AvgIpc) is 2.74. The van der Waals surface area contributed by atoms with Crippen LogP contribution in [0, 0.1) is 6.92 Å². The molecule has 1 unspecified atom stereocenters. The molecule has 4 nitrogen and oxygen atoms in total.